The Morgan fingerprint density at radius 1 is 1.64 bits per heavy atom. The molecule has 1 fully saturated rings. The molecular formula is C8H17NO2. The van der Waals surface area contributed by atoms with Gasteiger partial charge in [0, 0.05) is 12.0 Å². The topological polar surface area (TPSA) is 58.8 Å². The number of aliphatic hydroxyl groups is 1. The maximum Gasteiger partial charge on any atom is 0.115 e. The van der Waals surface area contributed by atoms with E-state index in [9.17, 15) is 0 Å². The lowest BCUT2D eigenvalue weighted by atomic mass is 9.84. The van der Waals surface area contributed by atoms with Gasteiger partial charge in [0.25, 0.3) is 0 Å². The zero-order valence-electron chi connectivity index (χ0n) is 7.42. The molecule has 11 heavy (non-hydrogen) atoms. The summed E-state index contributed by atoms with van der Waals surface area (Å²) in [6.45, 7) is 6.70. The van der Waals surface area contributed by atoms with Crippen LogP contribution in [0.3, 0.4) is 0 Å². The molecule has 3 N–H and O–H groups in total. The first kappa shape index (κ1) is 8.97. The van der Waals surface area contributed by atoms with Gasteiger partial charge >= 0.3 is 0 Å². The van der Waals surface area contributed by atoms with Crippen LogP contribution in [0, 0.1) is 5.41 Å². The van der Waals surface area contributed by atoms with Crippen molar-refractivity contribution in [1.82, 2.24) is 0 Å². The summed E-state index contributed by atoms with van der Waals surface area (Å²) in [7, 11) is 0. The van der Waals surface area contributed by atoms with Crippen molar-refractivity contribution < 1.29 is 9.84 Å². The molecule has 0 aliphatic carbocycles. The molecule has 0 aromatic heterocycles. The first-order valence-electron chi connectivity index (χ1n) is 3.95. The van der Waals surface area contributed by atoms with E-state index < -0.39 is 0 Å². The fourth-order valence-corrected chi connectivity index (χ4v) is 1.45. The molecule has 3 heteroatoms. The maximum absolute atomic E-state index is 8.93. The minimum Gasteiger partial charge on any atom is -0.393 e. The Balaban J connectivity index is 2.55. The molecule has 3 nitrogen and oxygen atoms in total. The van der Waals surface area contributed by atoms with Crippen LogP contribution in [-0.2, 0) is 4.74 Å². The number of ether oxygens (including phenoxy) is 1. The Morgan fingerprint density at radius 2 is 2.18 bits per heavy atom. The number of nitrogens with two attached hydrogens (primary N) is 1. The highest BCUT2D eigenvalue weighted by molar-refractivity contribution is 5.06. The molecule has 1 aliphatic rings. The van der Waals surface area contributed by atoms with E-state index in [-0.39, 0.29) is 23.7 Å². The highest BCUT2D eigenvalue weighted by Crippen LogP contribution is 2.46. The standard InChI is InChI=1S/C8H17NO2/c1-7(2,4-9)6-8(3,5-10)11-6/h6,10H,4-5,9H2,1-3H3. The number of hydrogen-bond donors (Lipinski definition) is 2. The number of aliphatic hydroxyl groups excluding tert-OH is 1. The average Bonchev–Trinajstić information content (AvgIpc) is 2.65. The second-order valence-electron chi connectivity index (χ2n) is 4.16. The van der Waals surface area contributed by atoms with Gasteiger partial charge in [-0.3, -0.25) is 0 Å². The van der Waals surface area contributed by atoms with Crippen molar-refractivity contribution >= 4 is 0 Å². The fourth-order valence-electron chi connectivity index (χ4n) is 1.45. The third kappa shape index (κ3) is 1.41. The summed E-state index contributed by atoms with van der Waals surface area (Å²) in [5.41, 5.74) is 5.21. The molecule has 2 unspecified atom stereocenters. The predicted octanol–water partition coefficient (Wildman–Crippen LogP) is 0.121. The Hall–Kier alpha value is -0.120. The van der Waals surface area contributed by atoms with Gasteiger partial charge in [0.1, 0.15) is 5.60 Å². The van der Waals surface area contributed by atoms with Crippen molar-refractivity contribution in [1.29, 1.82) is 0 Å². The van der Waals surface area contributed by atoms with E-state index in [1.54, 1.807) is 0 Å². The molecule has 0 radical (unpaired) electrons. The maximum atomic E-state index is 8.93. The molecule has 1 aliphatic heterocycles. The van der Waals surface area contributed by atoms with E-state index in [0.717, 1.165) is 0 Å². The average molecular weight is 159 g/mol. The molecule has 1 rings (SSSR count). The largest absolute Gasteiger partial charge is 0.393 e. The van der Waals surface area contributed by atoms with Crippen molar-refractivity contribution in [3.8, 4) is 0 Å². The summed E-state index contributed by atoms with van der Waals surface area (Å²) in [6.07, 6.45) is 0.116. The first-order chi connectivity index (χ1) is 4.96. The Labute approximate surface area is 67.5 Å². The van der Waals surface area contributed by atoms with Crippen LogP contribution in [0.5, 0.6) is 0 Å². The zero-order valence-corrected chi connectivity index (χ0v) is 7.42. The van der Waals surface area contributed by atoms with Crippen molar-refractivity contribution in [2.24, 2.45) is 11.1 Å². The third-order valence-electron chi connectivity index (χ3n) is 2.43. The van der Waals surface area contributed by atoms with Gasteiger partial charge in [0.05, 0.1) is 12.7 Å². The van der Waals surface area contributed by atoms with Gasteiger partial charge in [0.2, 0.25) is 0 Å². The van der Waals surface area contributed by atoms with E-state index in [1.165, 1.54) is 0 Å². The van der Waals surface area contributed by atoms with Crippen molar-refractivity contribution in [3.05, 3.63) is 0 Å². The van der Waals surface area contributed by atoms with Crippen LogP contribution in [0.1, 0.15) is 20.8 Å². The molecule has 66 valence electrons. The summed E-state index contributed by atoms with van der Waals surface area (Å²) in [6, 6.07) is 0. The van der Waals surface area contributed by atoms with E-state index in [1.807, 2.05) is 6.92 Å². The third-order valence-corrected chi connectivity index (χ3v) is 2.43. The minimum absolute atomic E-state index is 0.0164. The highest BCUT2D eigenvalue weighted by atomic mass is 16.6. The molecule has 0 spiro atoms. The van der Waals surface area contributed by atoms with E-state index >= 15 is 0 Å². The monoisotopic (exact) mass is 159 g/mol. The summed E-state index contributed by atoms with van der Waals surface area (Å²) in [5, 5.41) is 8.93. The summed E-state index contributed by atoms with van der Waals surface area (Å²) in [5.74, 6) is 0. The number of epoxide rings is 1. The van der Waals surface area contributed by atoms with Gasteiger partial charge in [-0.25, -0.2) is 0 Å². The number of hydrogen-bond acceptors (Lipinski definition) is 3. The Kier molecular flexibility index (Phi) is 1.99. The molecular weight excluding hydrogens is 142 g/mol. The smallest absolute Gasteiger partial charge is 0.115 e. The van der Waals surface area contributed by atoms with Crippen LogP contribution >= 0.6 is 0 Å². The molecule has 0 amide bonds. The van der Waals surface area contributed by atoms with Crippen LogP contribution in [0.2, 0.25) is 0 Å². The van der Waals surface area contributed by atoms with E-state index in [4.69, 9.17) is 15.6 Å². The lowest BCUT2D eigenvalue weighted by Crippen LogP contribution is -2.34. The minimum atomic E-state index is -0.330. The molecule has 2 atom stereocenters. The SMILES string of the molecule is CC(C)(CN)C1OC1(C)CO. The van der Waals surface area contributed by atoms with Gasteiger partial charge in [-0.2, -0.15) is 0 Å². The first-order valence-corrected chi connectivity index (χ1v) is 3.95. The van der Waals surface area contributed by atoms with Crippen LogP contribution in [0.15, 0.2) is 0 Å². The van der Waals surface area contributed by atoms with Gasteiger partial charge in [-0.05, 0) is 6.92 Å². The van der Waals surface area contributed by atoms with Crippen molar-refractivity contribution in [2.45, 2.75) is 32.5 Å². The normalized spacial score (nSPS) is 37.4. The fraction of sp³-hybridized carbons (Fsp3) is 1.00. The second-order valence-corrected chi connectivity index (χ2v) is 4.16. The lowest BCUT2D eigenvalue weighted by molar-refractivity contribution is 0.181. The quantitative estimate of drug-likeness (QED) is 0.575. The van der Waals surface area contributed by atoms with Gasteiger partial charge in [0.15, 0.2) is 0 Å². The van der Waals surface area contributed by atoms with Crippen LogP contribution in [0.4, 0.5) is 0 Å². The van der Waals surface area contributed by atoms with Crippen LogP contribution in [0.25, 0.3) is 0 Å². The summed E-state index contributed by atoms with van der Waals surface area (Å²) >= 11 is 0. The van der Waals surface area contributed by atoms with Gasteiger partial charge in [-0.15, -0.1) is 0 Å². The Bertz CT molecular complexity index is 158. The predicted molar refractivity (Wildman–Crippen MR) is 43.2 cm³/mol. The Morgan fingerprint density at radius 3 is 2.45 bits per heavy atom. The molecule has 0 bridgehead atoms. The second kappa shape index (κ2) is 2.44. The molecule has 0 aromatic carbocycles. The lowest BCUT2D eigenvalue weighted by Gasteiger charge is -2.20. The molecule has 1 heterocycles. The van der Waals surface area contributed by atoms with Crippen molar-refractivity contribution in [3.63, 3.8) is 0 Å². The van der Waals surface area contributed by atoms with E-state index in [0.29, 0.717) is 6.54 Å². The van der Waals surface area contributed by atoms with Crippen molar-refractivity contribution in [2.75, 3.05) is 13.2 Å². The summed E-state index contributed by atoms with van der Waals surface area (Å²) < 4.78 is 5.38. The van der Waals surface area contributed by atoms with E-state index in [2.05, 4.69) is 13.8 Å². The molecule has 0 saturated carbocycles. The highest BCUT2D eigenvalue weighted by Gasteiger charge is 2.58. The van der Waals surface area contributed by atoms with Gasteiger partial charge in [-0.1, -0.05) is 13.8 Å². The zero-order chi connectivity index (χ0) is 8.70. The van der Waals surface area contributed by atoms with Crippen LogP contribution < -0.4 is 5.73 Å². The van der Waals surface area contributed by atoms with Crippen LogP contribution in [-0.4, -0.2) is 30.0 Å². The molecule has 1 saturated heterocycles. The summed E-state index contributed by atoms with van der Waals surface area (Å²) in [4.78, 5) is 0. The number of rotatable bonds is 3. The van der Waals surface area contributed by atoms with Gasteiger partial charge < -0.3 is 15.6 Å². The molecule has 0 aromatic rings.